The van der Waals surface area contributed by atoms with Gasteiger partial charge in [-0.1, -0.05) is 12.2 Å². The molecule has 0 aliphatic heterocycles. The molecule has 0 saturated carbocycles. The zero-order valence-corrected chi connectivity index (χ0v) is 12.5. The summed E-state index contributed by atoms with van der Waals surface area (Å²) in [4.78, 5) is 0. The fourth-order valence-corrected chi connectivity index (χ4v) is 1.92. The smallest absolute Gasteiger partial charge is 0.753 e. The van der Waals surface area contributed by atoms with Gasteiger partial charge in [-0.15, -0.1) is 0 Å². The molecule has 0 aliphatic rings. The normalized spacial score (nSPS) is 11.9. The number of halogens is 6. The molecule has 0 aliphatic carbocycles. The van der Waals surface area contributed by atoms with E-state index in [1.54, 1.807) is 0 Å². The van der Waals surface area contributed by atoms with Gasteiger partial charge < -0.3 is 9.54 Å². The van der Waals surface area contributed by atoms with Gasteiger partial charge in [-0.2, -0.15) is 31.5 Å². The summed E-state index contributed by atoms with van der Waals surface area (Å²) in [6.45, 7) is 0. The Bertz CT molecular complexity index is 477. The van der Waals surface area contributed by atoms with E-state index >= 15 is 0 Å². The molecular formula is C3Cu2F6N2O4S3. The number of hydrogen-bond acceptors (Lipinski definition) is 5. The number of isothiocyanates is 1. The number of rotatable bonds is 2. The van der Waals surface area contributed by atoms with E-state index in [4.69, 9.17) is 5.41 Å². The Labute approximate surface area is 135 Å². The van der Waals surface area contributed by atoms with Crippen molar-refractivity contribution in [2.75, 3.05) is 0 Å². The van der Waals surface area contributed by atoms with E-state index in [0.29, 0.717) is 0 Å². The van der Waals surface area contributed by atoms with Crippen molar-refractivity contribution in [1.82, 2.24) is 0 Å². The van der Waals surface area contributed by atoms with Crippen molar-refractivity contribution in [2.24, 2.45) is 0 Å². The summed E-state index contributed by atoms with van der Waals surface area (Å²) in [6, 6.07) is 0. The second-order valence-electron chi connectivity index (χ2n) is 2.01. The van der Waals surface area contributed by atoms with Gasteiger partial charge in [-0.3, -0.25) is 0 Å². The molecule has 0 fully saturated rings. The van der Waals surface area contributed by atoms with Crippen molar-refractivity contribution >= 4 is 37.4 Å². The summed E-state index contributed by atoms with van der Waals surface area (Å²) in [6.07, 6.45) is 0. The summed E-state index contributed by atoms with van der Waals surface area (Å²) in [5.41, 5.74) is -12.4. The van der Waals surface area contributed by atoms with Gasteiger partial charge in [0.25, 0.3) is 0 Å². The Kier molecular flexibility index (Phi) is 13.3. The maximum Gasteiger partial charge on any atom is 1.00 e. The number of hydrogen-bond donors (Lipinski definition) is 0. The maximum atomic E-state index is 11.4. The van der Waals surface area contributed by atoms with Crippen LogP contribution in [0.15, 0.2) is 0 Å². The van der Waals surface area contributed by atoms with Crippen LogP contribution >= 0.6 is 12.2 Å². The summed E-state index contributed by atoms with van der Waals surface area (Å²) < 4.78 is 109. The molecule has 0 rings (SSSR count). The first-order valence-electron chi connectivity index (χ1n) is 3.00. The van der Waals surface area contributed by atoms with E-state index < -0.39 is 31.1 Å². The summed E-state index contributed by atoms with van der Waals surface area (Å²) >= 11 is 3.70. The largest absolute Gasteiger partial charge is 1.00 e. The molecule has 0 radical (unpaired) electrons. The Morgan fingerprint density at radius 1 is 0.850 bits per heavy atom. The third kappa shape index (κ3) is 9.26. The van der Waals surface area contributed by atoms with Crippen LogP contribution < -0.4 is 0 Å². The van der Waals surface area contributed by atoms with E-state index in [-0.39, 0.29) is 34.1 Å². The van der Waals surface area contributed by atoms with Crippen LogP contribution in [0.5, 0.6) is 0 Å². The first-order valence-corrected chi connectivity index (χ1v) is 6.29. The molecule has 0 heterocycles. The van der Waals surface area contributed by atoms with Crippen molar-refractivity contribution in [3.05, 3.63) is 9.54 Å². The molecule has 0 amide bonds. The monoisotopic (exact) mass is 464 g/mol. The van der Waals surface area contributed by atoms with Crippen molar-refractivity contribution in [3.8, 4) is 0 Å². The van der Waals surface area contributed by atoms with Crippen LogP contribution in [0.3, 0.4) is 0 Å². The molecule has 0 aromatic rings. The first kappa shape index (κ1) is 28.4. The second-order valence-corrected chi connectivity index (χ2v) is 5.61. The number of alkyl halides is 6. The number of thiocarbonyl (C=S) groups is 1. The van der Waals surface area contributed by atoms with Crippen molar-refractivity contribution in [1.29, 1.82) is 0 Å². The zero-order valence-electron chi connectivity index (χ0n) is 8.12. The van der Waals surface area contributed by atoms with Gasteiger partial charge in [0.2, 0.25) is 0 Å². The molecule has 0 N–H and O–H groups in total. The van der Waals surface area contributed by atoms with Crippen molar-refractivity contribution < 1.29 is 77.3 Å². The quantitative estimate of drug-likeness (QED) is 0.267. The predicted octanol–water partition coefficient (Wildman–Crippen LogP) is 1.71. The Morgan fingerprint density at radius 2 is 1.00 bits per heavy atom. The van der Waals surface area contributed by atoms with Crippen LogP contribution in [-0.2, 0) is 54.2 Å². The predicted molar refractivity (Wildman–Crippen MR) is 49.3 cm³/mol. The molecule has 128 valence electrons. The molecule has 0 aromatic heterocycles. The minimum absolute atomic E-state index is 0. The summed E-state index contributed by atoms with van der Waals surface area (Å²) in [5.74, 6) is 0. The van der Waals surface area contributed by atoms with Gasteiger partial charge in [-0.25, -0.2) is 16.8 Å². The van der Waals surface area contributed by atoms with Crippen molar-refractivity contribution in [2.45, 2.75) is 11.0 Å². The van der Waals surface area contributed by atoms with Gasteiger partial charge in [0, 0.05) is 0 Å². The molecule has 0 aromatic carbocycles. The Hall–Kier alpha value is 0.279. The Morgan fingerprint density at radius 3 is 1.10 bits per heavy atom. The van der Waals surface area contributed by atoms with E-state index in [1.807, 2.05) is 0 Å². The summed E-state index contributed by atoms with van der Waals surface area (Å²) in [5, 5.41) is 8.47. The third-order valence-electron chi connectivity index (χ3n) is 0.781. The second kappa shape index (κ2) is 9.33. The van der Waals surface area contributed by atoms with Crippen LogP contribution in [0.25, 0.3) is 9.54 Å². The maximum absolute atomic E-state index is 11.4. The molecule has 0 spiro atoms. The van der Waals surface area contributed by atoms with Crippen LogP contribution in [0, 0.1) is 0 Å². The minimum Gasteiger partial charge on any atom is -0.753 e. The van der Waals surface area contributed by atoms with Gasteiger partial charge in [0.1, 0.15) is 0 Å². The minimum atomic E-state index is -6.72. The standard InChI is InChI=1S/C2F6NO4S2.CNS.2Cu/c3-1(4,5)14(10,11)9-15(12,13)2(6,7)8;2-1-3;;/q2*-1;2*+1. The van der Waals surface area contributed by atoms with Crippen LogP contribution in [-0.4, -0.2) is 33.0 Å². The number of nitrogens with zero attached hydrogens (tertiary/aromatic N) is 2. The molecular weight excluding hydrogens is 465 g/mol. The zero-order chi connectivity index (χ0) is 15.4. The molecule has 0 saturated heterocycles. The van der Waals surface area contributed by atoms with Crippen molar-refractivity contribution in [3.63, 3.8) is 0 Å². The number of sulfonamides is 2. The molecule has 6 nitrogen and oxygen atoms in total. The van der Waals surface area contributed by atoms with Crippen LogP contribution in [0.4, 0.5) is 26.3 Å². The average Bonchev–Trinajstić information content (AvgIpc) is 1.98. The molecule has 0 unspecified atom stereocenters. The van der Waals surface area contributed by atoms with E-state index in [0.717, 1.165) is 4.13 Å². The summed E-state index contributed by atoms with van der Waals surface area (Å²) in [7, 11) is -13.4. The third-order valence-corrected chi connectivity index (χ3v) is 3.52. The fraction of sp³-hybridized carbons (Fsp3) is 0.667. The van der Waals surface area contributed by atoms with E-state index in [2.05, 4.69) is 12.2 Å². The van der Waals surface area contributed by atoms with Gasteiger partial charge in [0.15, 0.2) is 20.0 Å². The molecule has 20 heavy (non-hydrogen) atoms. The fourth-order valence-electron chi connectivity index (χ4n) is 0.214. The van der Waals surface area contributed by atoms with Crippen LogP contribution in [0.2, 0.25) is 0 Å². The molecule has 0 bridgehead atoms. The van der Waals surface area contributed by atoms with Gasteiger partial charge >= 0.3 is 45.2 Å². The van der Waals surface area contributed by atoms with Gasteiger partial charge in [0.05, 0.1) is 0 Å². The van der Waals surface area contributed by atoms with E-state index in [9.17, 15) is 43.2 Å². The first-order chi connectivity index (χ1) is 7.62. The van der Waals surface area contributed by atoms with E-state index in [1.165, 1.54) is 5.16 Å². The average molecular weight is 465 g/mol. The Balaban J connectivity index is -0.000000233. The van der Waals surface area contributed by atoms with Crippen LogP contribution in [0.1, 0.15) is 0 Å². The SMILES string of the molecule is O=S(=O)([N-]S(=O)(=O)C(F)(F)F)C(F)(F)F.[Cu+].[Cu+].[N-]=C=S. The van der Waals surface area contributed by atoms with Gasteiger partial charge in [-0.05, 0) is 0 Å². The molecule has 17 heteroatoms. The topological polar surface area (TPSA) is 105 Å². The molecule has 0 atom stereocenters.